The zero-order chi connectivity index (χ0) is 17.1. The van der Waals surface area contributed by atoms with E-state index in [0.717, 1.165) is 63.5 Å². The van der Waals surface area contributed by atoms with Crippen LogP contribution in [0.3, 0.4) is 0 Å². The molecule has 0 N–H and O–H groups in total. The van der Waals surface area contributed by atoms with Crippen LogP contribution in [0.1, 0.15) is 23.2 Å². The van der Waals surface area contributed by atoms with Gasteiger partial charge < -0.3 is 14.5 Å². The van der Waals surface area contributed by atoms with Gasteiger partial charge in [-0.25, -0.2) is 0 Å². The number of ether oxygens (including phenoxy) is 1. The van der Waals surface area contributed by atoms with Gasteiger partial charge >= 0.3 is 0 Å². The van der Waals surface area contributed by atoms with Crippen molar-refractivity contribution in [3.05, 3.63) is 48.3 Å². The van der Waals surface area contributed by atoms with Crippen molar-refractivity contribution in [1.82, 2.24) is 14.7 Å². The number of rotatable bonds is 4. The van der Waals surface area contributed by atoms with Gasteiger partial charge in [-0.3, -0.25) is 9.48 Å². The molecule has 2 aliphatic rings. The van der Waals surface area contributed by atoms with Crippen LogP contribution in [0.4, 0.5) is 5.69 Å². The Balaban J connectivity index is 1.44. The third-order valence-electron chi connectivity index (χ3n) is 5.09. The van der Waals surface area contributed by atoms with Gasteiger partial charge in [-0.15, -0.1) is 0 Å². The van der Waals surface area contributed by atoms with Crippen LogP contribution in [0.25, 0.3) is 0 Å². The monoisotopic (exact) mass is 340 g/mol. The molecule has 0 radical (unpaired) electrons. The molecule has 1 amide bonds. The number of morpholine rings is 1. The molecule has 0 saturated carbocycles. The molecular weight excluding hydrogens is 316 g/mol. The summed E-state index contributed by atoms with van der Waals surface area (Å²) in [5, 5.41) is 4.27. The summed E-state index contributed by atoms with van der Waals surface area (Å²) in [4.78, 5) is 17.2. The molecule has 2 aliphatic heterocycles. The summed E-state index contributed by atoms with van der Waals surface area (Å²) < 4.78 is 7.31. The number of anilines is 1. The van der Waals surface area contributed by atoms with Crippen LogP contribution in [-0.4, -0.2) is 59.5 Å². The Bertz CT molecular complexity index is 693. The number of carbonyl (C=O) groups excluding carboxylic acids is 1. The standard InChI is InChI=1S/C19H24N4O2/c24-19(23-10-1-3-18(23)15-22-9-2-8-20-22)16-4-6-17(7-5-16)21-11-13-25-14-12-21/h2,4-9,18H,1,3,10-15H2/t18-/m1/s1. The normalized spacial score (nSPS) is 20.9. The topological polar surface area (TPSA) is 50.6 Å². The first-order chi connectivity index (χ1) is 12.3. The molecule has 4 rings (SSSR count). The lowest BCUT2D eigenvalue weighted by Gasteiger charge is -2.29. The van der Waals surface area contributed by atoms with Crippen molar-refractivity contribution in [2.24, 2.45) is 0 Å². The van der Waals surface area contributed by atoms with Crippen molar-refractivity contribution in [1.29, 1.82) is 0 Å². The van der Waals surface area contributed by atoms with Gasteiger partial charge in [-0.1, -0.05) is 0 Å². The number of amides is 1. The number of carbonyl (C=O) groups is 1. The molecule has 132 valence electrons. The Hall–Kier alpha value is -2.34. The lowest BCUT2D eigenvalue weighted by atomic mass is 10.1. The van der Waals surface area contributed by atoms with Gasteiger partial charge in [-0.2, -0.15) is 5.10 Å². The van der Waals surface area contributed by atoms with Crippen molar-refractivity contribution in [2.45, 2.75) is 25.4 Å². The van der Waals surface area contributed by atoms with E-state index in [-0.39, 0.29) is 11.9 Å². The van der Waals surface area contributed by atoms with Gasteiger partial charge in [-0.05, 0) is 43.2 Å². The highest BCUT2D eigenvalue weighted by atomic mass is 16.5. The fourth-order valence-electron chi connectivity index (χ4n) is 3.72. The average Bonchev–Trinajstić information content (AvgIpc) is 3.34. The quantitative estimate of drug-likeness (QED) is 0.854. The van der Waals surface area contributed by atoms with Gasteiger partial charge in [0, 0.05) is 43.3 Å². The van der Waals surface area contributed by atoms with Crippen LogP contribution in [0.15, 0.2) is 42.7 Å². The van der Waals surface area contributed by atoms with Crippen LogP contribution >= 0.6 is 0 Å². The molecule has 1 aromatic heterocycles. The highest BCUT2D eigenvalue weighted by Gasteiger charge is 2.29. The van der Waals surface area contributed by atoms with E-state index in [2.05, 4.69) is 22.1 Å². The number of benzene rings is 1. The summed E-state index contributed by atoms with van der Waals surface area (Å²) in [5.41, 5.74) is 1.93. The third-order valence-corrected chi connectivity index (χ3v) is 5.09. The van der Waals surface area contributed by atoms with E-state index >= 15 is 0 Å². The van der Waals surface area contributed by atoms with E-state index in [4.69, 9.17) is 4.74 Å². The molecule has 3 heterocycles. The van der Waals surface area contributed by atoms with Crippen LogP contribution < -0.4 is 4.90 Å². The third kappa shape index (κ3) is 3.54. The van der Waals surface area contributed by atoms with Gasteiger partial charge in [0.1, 0.15) is 0 Å². The second-order valence-electron chi connectivity index (χ2n) is 6.67. The minimum atomic E-state index is 0.128. The van der Waals surface area contributed by atoms with Crippen LogP contribution in [0.2, 0.25) is 0 Å². The van der Waals surface area contributed by atoms with Crippen LogP contribution in [0.5, 0.6) is 0 Å². The maximum Gasteiger partial charge on any atom is 0.254 e. The predicted molar refractivity (Wildman–Crippen MR) is 95.8 cm³/mol. The maximum atomic E-state index is 12.9. The van der Waals surface area contributed by atoms with Gasteiger partial charge in [0.15, 0.2) is 0 Å². The molecule has 1 aromatic carbocycles. The highest BCUT2D eigenvalue weighted by Crippen LogP contribution is 2.23. The summed E-state index contributed by atoms with van der Waals surface area (Å²) >= 11 is 0. The second-order valence-corrected chi connectivity index (χ2v) is 6.67. The maximum absolute atomic E-state index is 12.9. The fraction of sp³-hybridized carbons (Fsp3) is 0.474. The zero-order valence-corrected chi connectivity index (χ0v) is 14.4. The smallest absolute Gasteiger partial charge is 0.254 e. The molecule has 0 aliphatic carbocycles. The Morgan fingerprint density at radius 3 is 2.68 bits per heavy atom. The van der Waals surface area contributed by atoms with E-state index in [1.807, 2.05) is 34.0 Å². The number of aromatic nitrogens is 2. The van der Waals surface area contributed by atoms with Crippen LogP contribution in [-0.2, 0) is 11.3 Å². The average molecular weight is 340 g/mol. The lowest BCUT2D eigenvalue weighted by molar-refractivity contribution is 0.0721. The molecule has 25 heavy (non-hydrogen) atoms. The molecule has 1 atom stereocenters. The zero-order valence-electron chi connectivity index (χ0n) is 14.4. The van der Waals surface area contributed by atoms with E-state index in [0.29, 0.717) is 0 Å². The lowest BCUT2D eigenvalue weighted by Crippen LogP contribution is -2.38. The summed E-state index contributed by atoms with van der Waals surface area (Å²) in [6.07, 6.45) is 5.84. The molecule has 2 fully saturated rings. The Labute approximate surface area is 148 Å². The molecule has 6 heteroatoms. The summed E-state index contributed by atoms with van der Waals surface area (Å²) in [6.45, 7) is 4.95. The molecule has 0 unspecified atom stereocenters. The minimum absolute atomic E-state index is 0.128. The van der Waals surface area contributed by atoms with E-state index in [1.54, 1.807) is 6.20 Å². The first-order valence-electron chi connectivity index (χ1n) is 9.02. The van der Waals surface area contributed by atoms with Crippen molar-refractivity contribution in [3.8, 4) is 0 Å². The molecule has 2 saturated heterocycles. The Morgan fingerprint density at radius 2 is 1.96 bits per heavy atom. The first-order valence-corrected chi connectivity index (χ1v) is 9.02. The van der Waals surface area contributed by atoms with E-state index in [9.17, 15) is 4.79 Å². The Kier molecular flexibility index (Phi) is 4.70. The number of hydrogen-bond acceptors (Lipinski definition) is 4. The minimum Gasteiger partial charge on any atom is -0.378 e. The highest BCUT2D eigenvalue weighted by molar-refractivity contribution is 5.95. The summed E-state index contributed by atoms with van der Waals surface area (Å²) in [6, 6.07) is 10.2. The fourth-order valence-corrected chi connectivity index (χ4v) is 3.72. The Morgan fingerprint density at radius 1 is 1.16 bits per heavy atom. The SMILES string of the molecule is O=C(c1ccc(N2CCOCC2)cc1)N1CCC[C@@H]1Cn1cccn1. The molecule has 2 aromatic rings. The molecular formula is C19H24N4O2. The number of hydrogen-bond donors (Lipinski definition) is 0. The van der Waals surface area contributed by atoms with E-state index < -0.39 is 0 Å². The van der Waals surface area contributed by atoms with Gasteiger partial charge in [0.2, 0.25) is 0 Å². The number of nitrogens with zero attached hydrogens (tertiary/aromatic N) is 4. The molecule has 0 bridgehead atoms. The van der Waals surface area contributed by atoms with Gasteiger partial charge in [0.25, 0.3) is 5.91 Å². The molecule has 6 nitrogen and oxygen atoms in total. The number of likely N-dealkylation sites (tertiary alicyclic amines) is 1. The van der Waals surface area contributed by atoms with Crippen molar-refractivity contribution in [2.75, 3.05) is 37.7 Å². The predicted octanol–water partition coefficient (Wildman–Crippen LogP) is 2.02. The molecule has 0 spiro atoms. The van der Waals surface area contributed by atoms with Crippen molar-refractivity contribution >= 4 is 11.6 Å². The van der Waals surface area contributed by atoms with Crippen molar-refractivity contribution < 1.29 is 9.53 Å². The van der Waals surface area contributed by atoms with Crippen molar-refractivity contribution in [3.63, 3.8) is 0 Å². The summed E-state index contributed by atoms with van der Waals surface area (Å²) in [5.74, 6) is 0.128. The largest absolute Gasteiger partial charge is 0.378 e. The van der Waals surface area contributed by atoms with Gasteiger partial charge in [0.05, 0.1) is 25.8 Å². The van der Waals surface area contributed by atoms with Crippen LogP contribution in [0, 0.1) is 0 Å². The van der Waals surface area contributed by atoms with E-state index in [1.165, 1.54) is 0 Å². The second kappa shape index (κ2) is 7.27. The first kappa shape index (κ1) is 16.1. The summed E-state index contributed by atoms with van der Waals surface area (Å²) in [7, 11) is 0.